The van der Waals surface area contributed by atoms with Crippen molar-refractivity contribution in [2.75, 3.05) is 13.2 Å². The van der Waals surface area contributed by atoms with Crippen LogP contribution in [0.4, 0.5) is 0 Å². The Bertz CT molecular complexity index is 861. The number of ether oxygens (including phenoxy) is 1. The first-order chi connectivity index (χ1) is 15.4. The third kappa shape index (κ3) is 7.40. The first-order valence-electron chi connectivity index (χ1n) is 11.7. The lowest BCUT2D eigenvalue weighted by molar-refractivity contribution is -0.143. The molecule has 32 heavy (non-hydrogen) atoms. The highest BCUT2D eigenvalue weighted by Crippen LogP contribution is 2.26. The number of para-hydroxylation sites is 1. The molecule has 0 unspecified atom stereocenters. The highest BCUT2D eigenvalue weighted by molar-refractivity contribution is 5.88. The summed E-state index contributed by atoms with van der Waals surface area (Å²) in [7, 11) is 0. The molecular formula is C27H38N2O3. The molecule has 0 spiro atoms. The normalized spacial score (nSPS) is 11.8. The zero-order valence-corrected chi connectivity index (χ0v) is 20.2. The zero-order valence-electron chi connectivity index (χ0n) is 20.2. The lowest BCUT2D eigenvalue weighted by atomic mass is 10.0. The Balaban J connectivity index is 2.21. The van der Waals surface area contributed by atoms with Gasteiger partial charge < -0.3 is 15.0 Å². The zero-order chi connectivity index (χ0) is 23.5. The molecule has 0 aliphatic carbocycles. The van der Waals surface area contributed by atoms with E-state index in [1.807, 2.05) is 62.4 Å². The van der Waals surface area contributed by atoms with Gasteiger partial charge in [-0.3, -0.25) is 9.59 Å². The molecule has 2 aromatic carbocycles. The Labute approximate surface area is 193 Å². The van der Waals surface area contributed by atoms with Crippen LogP contribution in [-0.4, -0.2) is 35.9 Å². The van der Waals surface area contributed by atoms with Crippen LogP contribution in [0.5, 0.6) is 5.75 Å². The lowest BCUT2D eigenvalue weighted by Crippen LogP contribution is -2.50. The summed E-state index contributed by atoms with van der Waals surface area (Å²) < 4.78 is 5.95. The van der Waals surface area contributed by atoms with Crippen LogP contribution in [0.1, 0.15) is 69.6 Å². The van der Waals surface area contributed by atoms with Crippen LogP contribution in [0.25, 0.3) is 0 Å². The Kier molecular flexibility index (Phi) is 10.3. The number of carbonyl (C=O) groups is 2. The van der Waals surface area contributed by atoms with E-state index >= 15 is 0 Å². The van der Waals surface area contributed by atoms with E-state index in [1.54, 1.807) is 4.90 Å². The van der Waals surface area contributed by atoms with E-state index < -0.39 is 6.04 Å². The van der Waals surface area contributed by atoms with E-state index in [9.17, 15) is 9.59 Å². The van der Waals surface area contributed by atoms with Crippen LogP contribution in [0.15, 0.2) is 48.5 Å². The van der Waals surface area contributed by atoms with Crippen LogP contribution in [0.2, 0.25) is 0 Å². The third-order valence-electron chi connectivity index (χ3n) is 5.58. The molecule has 174 valence electrons. The van der Waals surface area contributed by atoms with Crippen molar-refractivity contribution in [2.24, 2.45) is 0 Å². The fraction of sp³-hybridized carbons (Fsp3) is 0.481. The maximum absolute atomic E-state index is 13.3. The molecule has 2 amide bonds. The van der Waals surface area contributed by atoms with Gasteiger partial charge in [-0.05, 0) is 42.9 Å². The summed E-state index contributed by atoms with van der Waals surface area (Å²) >= 11 is 0. The monoisotopic (exact) mass is 438 g/mol. The molecule has 0 fully saturated rings. The molecule has 0 aliphatic rings. The fourth-order valence-electron chi connectivity index (χ4n) is 3.63. The minimum Gasteiger partial charge on any atom is -0.483 e. The Morgan fingerprint density at radius 1 is 1.03 bits per heavy atom. The number of carbonyl (C=O) groups excluding carboxylic acids is 2. The van der Waals surface area contributed by atoms with Crippen LogP contribution in [0, 0.1) is 6.92 Å². The predicted molar refractivity (Wildman–Crippen MR) is 130 cm³/mol. The van der Waals surface area contributed by atoms with Crippen molar-refractivity contribution >= 4 is 11.8 Å². The molecule has 2 aromatic rings. The Hall–Kier alpha value is -2.82. The van der Waals surface area contributed by atoms with Crippen LogP contribution < -0.4 is 10.1 Å². The van der Waals surface area contributed by atoms with Gasteiger partial charge in [0.05, 0.1) is 0 Å². The number of nitrogens with one attached hydrogen (secondary N) is 1. The van der Waals surface area contributed by atoms with Gasteiger partial charge in [0.2, 0.25) is 5.91 Å². The second-order valence-corrected chi connectivity index (χ2v) is 8.56. The lowest BCUT2D eigenvalue weighted by Gasteiger charge is -2.30. The van der Waals surface area contributed by atoms with Gasteiger partial charge in [-0.25, -0.2) is 0 Å². The van der Waals surface area contributed by atoms with Gasteiger partial charge in [0.25, 0.3) is 5.91 Å². The SMILES string of the molecule is CCCCNC(=O)[C@@H](CC)N(Cc1ccc(C)cc1)C(=O)COc1ccccc1C(C)C. The van der Waals surface area contributed by atoms with Crippen molar-refractivity contribution in [1.82, 2.24) is 10.2 Å². The van der Waals surface area contributed by atoms with Crippen molar-refractivity contribution in [2.45, 2.75) is 72.4 Å². The number of benzene rings is 2. The molecule has 5 heteroatoms. The molecule has 5 nitrogen and oxygen atoms in total. The average Bonchev–Trinajstić information content (AvgIpc) is 2.79. The van der Waals surface area contributed by atoms with Crippen LogP contribution in [0.3, 0.4) is 0 Å². The standard InChI is InChI=1S/C27H38N2O3/c1-6-8-17-28-27(31)24(7-2)29(18-22-15-13-21(5)14-16-22)26(30)19-32-25-12-10-9-11-23(25)20(3)4/h9-16,20,24H,6-8,17-19H2,1-5H3,(H,28,31)/t24-/m1/s1. The third-order valence-corrected chi connectivity index (χ3v) is 5.58. The molecule has 1 N–H and O–H groups in total. The average molecular weight is 439 g/mol. The predicted octanol–water partition coefficient (Wildman–Crippen LogP) is 5.22. The van der Waals surface area contributed by atoms with E-state index in [4.69, 9.17) is 4.74 Å². The van der Waals surface area contributed by atoms with Gasteiger partial charge >= 0.3 is 0 Å². The topological polar surface area (TPSA) is 58.6 Å². The number of nitrogens with zero attached hydrogens (tertiary/aromatic N) is 1. The summed E-state index contributed by atoms with van der Waals surface area (Å²) in [6.07, 6.45) is 2.47. The highest BCUT2D eigenvalue weighted by atomic mass is 16.5. The molecular weight excluding hydrogens is 400 g/mol. The van der Waals surface area contributed by atoms with Gasteiger partial charge in [-0.1, -0.05) is 82.1 Å². The van der Waals surface area contributed by atoms with Crippen LogP contribution in [-0.2, 0) is 16.1 Å². The molecule has 2 rings (SSSR count). The maximum Gasteiger partial charge on any atom is 0.261 e. The molecule has 0 aromatic heterocycles. The van der Waals surface area contributed by atoms with Crippen LogP contribution >= 0.6 is 0 Å². The first-order valence-corrected chi connectivity index (χ1v) is 11.7. The summed E-state index contributed by atoms with van der Waals surface area (Å²) in [5.41, 5.74) is 3.21. The quantitative estimate of drug-likeness (QED) is 0.462. The smallest absolute Gasteiger partial charge is 0.261 e. The summed E-state index contributed by atoms with van der Waals surface area (Å²) in [6, 6.07) is 15.3. The molecule has 0 aliphatic heterocycles. The van der Waals surface area contributed by atoms with Gasteiger partial charge in [0.15, 0.2) is 6.61 Å². The molecule has 0 saturated heterocycles. The van der Waals surface area contributed by atoms with Gasteiger partial charge in [-0.2, -0.15) is 0 Å². The summed E-state index contributed by atoms with van der Waals surface area (Å²) in [6.45, 7) is 11.1. The number of hydrogen-bond acceptors (Lipinski definition) is 3. The molecule has 0 heterocycles. The van der Waals surface area contributed by atoms with Crippen molar-refractivity contribution in [3.8, 4) is 5.75 Å². The fourth-order valence-corrected chi connectivity index (χ4v) is 3.63. The summed E-state index contributed by atoms with van der Waals surface area (Å²) in [4.78, 5) is 27.9. The largest absolute Gasteiger partial charge is 0.483 e. The van der Waals surface area contributed by atoms with Gasteiger partial charge in [0.1, 0.15) is 11.8 Å². The van der Waals surface area contributed by atoms with E-state index in [2.05, 4.69) is 26.1 Å². The number of unbranched alkanes of at least 4 members (excludes halogenated alkanes) is 1. The molecule has 0 radical (unpaired) electrons. The van der Waals surface area contributed by atoms with E-state index in [1.165, 1.54) is 0 Å². The van der Waals surface area contributed by atoms with E-state index in [-0.39, 0.29) is 24.3 Å². The summed E-state index contributed by atoms with van der Waals surface area (Å²) in [5, 5.41) is 2.99. The van der Waals surface area contributed by atoms with Crippen molar-refractivity contribution in [3.05, 3.63) is 65.2 Å². The Morgan fingerprint density at radius 3 is 2.34 bits per heavy atom. The number of rotatable bonds is 12. The minimum absolute atomic E-state index is 0.103. The first kappa shape index (κ1) is 25.4. The Morgan fingerprint density at radius 2 is 1.72 bits per heavy atom. The molecule has 1 atom stereocenters. The maximum atomic E-state index is 13.3. The second kappa shape index (κ2) is 12.9. The van der Waals surface area contributed by atoms with Crippen molar-refractivity contribution < 1.29 is 14.3 Å². The second-order valence-electron chi connectivity index (χ2n) is 8.56. The highest BCUT2D eigenvalue weighted by Gasteiger charge is 2.29. The van der Waals surface area contributed by atoms with E-state index in [0.717, 1.165) is 29.5 Å². The molecule has 0 bridgehead atoms. The van der Waals surface area contributed by atoms with E-state index in [0.29, 0.717) is 25.3 Å². The van der Waals surface area contributed by atoms with Crippen molar-refractivity contribution in [3.63, 3.8) is 0 Å². The number of hydrogen-bond donors (Lipinski definition) is 1. The van der Waals surface area contributed by atoms with Gasteiger partial charge in [0, 0.05) is 13.1 Å². The van der Waals surface area contributed by atoms with Gasteiger partial charge in [-0.15, -0.1) is 0 Å². The van der Waals surface area contributed by atoms with Crippen molar-refractivity contribution in [1.29, 1.82) is 0 Å². The summed E-state index contributed by atoms with van der Waals surface area (Å²) in [5.74, 6) is 0.704. The minimum atomic E-state index is -0.537. The number of amides is 2. The number of aryl methyl sites for hydroxylation is 1. The molecule has 0 saturated carbocycles.